The summed E-state index contributed by atoms with van der Waals surface area (Å²) in [5.74, 6) is -2.42. The third-order valence-corrected chi connectivity index (χ3v) is 6.33. The molecule has 152 valence electrons. The summed E-state index contributed by atoms with van der Waals surface area (Å²) in [5.41, 5.74) is 0.846. The second kappa shape index (κ2) is 6.79. The number of likely N-dealkylation sites (N-methyl/N-ethyl adjacent to an activating group) is 1. The third kappa shape index (κ3) is 2.64. The molecule has 4 atom stereocenters. The standard InChI is InChI=1S/C23H19ClN2O4/c1-25(2)15-11-17-19(21(27)14-10-12(24)8-9-16(14)30-17)20-18(15)22(28)26(23(20)29)13-6-4-3-5-7-13/h3-11,15,18-20H,1-2H3. The Balaban J connectivity index is 1.66. The molecule has 1 saturated heterocycles. The van der Waals surface area contributed by atoms with Crippen molar-refractivity contribution in [3.63, 3.8) is 0 Å². The number of rotatable bonds is 2. The van der Waals surface area contributed by atoms with Crippen LogP contribution in [0.15, 0.2) is 60.4 Å². The first-order valence-electron chi connectivity index (χ1n) is 9.71. The van der Waals surface area contributed by atoms with Crippen LogP contribution in [0.2, 0.25) is 5.02 Å². The number of ether oxygens (including phenoxy) is 1. The van der Waals surface area contributed by atoms with E-state index in [0.717, 1.165) is 0 Å². The topological polar surface area (TPSA) is 66.9 Å². The van der Waals surface area contributed by atoms with E-state index in [9.17, 15) is 14.4 Å². The average Bonchev–Trinajstić information content (AvgIpc) is 2.99. The lowest BCUT2D eigenvalue weighted by Gasteiger charge is -2.39. The summed E-state index contributed by atoms with van der Waals surface area (Å²) in [7, 11) is 3.70. The Morgan fingerprint density at radius 2 is 1.67 bits per heavy atom. The molecule has 2 amide bonds. The number of anilines is 1. The van der Waals surface area contributed by atoms with Gasteiger partial charge < -0.3 is 9.64 Å². The normalized spacial score (nSPS) is 27.4. The highest BCUT2D eigenvalue weighted by Crippen LogP contribution is 2.49. The quantitative estimate of drug-likeness (QED) is 0.695. The maximum atomic E-state index is 13.5. The van der Waals surface area contributed by atoms with Crippen molar-refractivity contribution < 1.29 is 19.1 Å². The van der Waals surface area contributed by atoms with Crippen LogP contribution in [0.5, 0.6) is 5.75 Å². The van der Waals surface area contributed by atoms with E-state index < -0.39 is 17.8 Å². The van der Waals surface area contributed by atoms with Gasteiger partial charge in [0.2, 0.25) is 11.8 Å². The van der Waals surface area contributed by atoms with Gasteiger partial charge >= 0.3 is 0 Å². The molecule has 3 aliphatic rings. The first-order valence-corrected chi connectivity index (χ1v) is 10.1. The SMILES string of the molecule is CN(C)C1C=C2Oc3ccc(Cl)cc3C(=O)C2C2C(=O)N(c3ccccc3)C(=O)C21. The molecule has 2 aromatic rings. The molecule has 2 aliphatic heterocycles. The highest BCUT2D eigenvalue weighted by Gasteiger charge is 2.60. The second-order valence-corrected chi connectivity index (χ2v) is 8.44. The van der Waals surface area contributed by atoms with Crippen LogP contribution in [0.4, 0.5) is 5.69 Å². The lowest BCUT2D eigenvalue weighted by atomic mass is 9.70. The molecule has 0 radical (unpaired) electrons. The fourth-order valence-electron chi connectivity index (χ4n) is 4.74. The van der Waals surface area contributed by atoms with Crippen molar-refractivity contribution in [2.24, 2.45) is 17.8 Å². The minimum Gasteiger partial charge on any atom is -0.460 e. The molecule has 1 aliphatic carbocycles. The third-order valence-electron chi connectivity index (χ3n) is 6.09. The van der Waals surface area contributed by atoms with Crippen LogP contribution in [-0.4, -0.2) is 42.6 Å². The van der Waals surface area contributed by atoms with Crippen molar-refractivity contribution in [2.45, 2.75) is 6.04 Å². The van der Waals surface area contributed by atoms with Gasteiger partial charge in [0.1, 0.15) is 11.5 Å². The summed E-state index contributed by atoms with van der Waals surface area (Å²) < 4.78 is 6.05. The van der Waals surface area contributed by atoms with E-state index in [4.69, 9.17) is 16.3 Å². The van der Waals surface area contributed by atoms with Gasteiger partial charge in [-0.1, -0.05) is 29.8 Å². The van der Waals surface area contributed by atoms with Crippen molar-refractivity contribution in [1.82, 2.24) is 4.90 Å². The zero-order chi connectivity index (χ0) is 21.2. The molecule has 1 fully saturated rings. The molecular weight excluding hydrogens is 404 g/mol. The number of para-hydroxylation sites is 1. The summed E-state index contributed by atoms with van der Waals surface area (Å²) in [5, 5.41) is 0.413. The van der Waals surface area contributed by atoms with Gasteiger partial charge in [-0.15, -0.1) is 0 Å². The summed E-state index contributed by atoms with van der Waals surface area (Å²) in [6.07, 6.45) is 1.81. The number of ketones is 1. The van der Waals surface area contributed by atoms with Gasteiger partial charge in [-0.05, 0) is 50.5 Å². The molecular formula is C23H19ClN2O4. The highest BCUT2D eigenvalue weighted by atomic mass is 35.5. The second-order valence-electron chi connectivity index (χ2n) is 8.01. The molecule has 4 unspecified atom stereocenters. The number of hydrogen-bond donors (Lipinski definition) is 0. The summed E-state index contributed by atoms with van der Waals surface area (Å²) in [6, 6.07) is 13.3. The van der Waals surface area contributed by atoms with E-state index >= 15 is 0 Å². The monoisotopic (exact) mass is 422 g/mol. The fourth-order valence-corrected chi connectivity index (χ4v) is 4.92. The van der Waals surface area contributed by atoms with Crippen molar-refractivity contribution in [3.05, 3.63) is 71.0 Å². The van der Waals surface area contributed by atoms with E-state index in [1.165, 1.54) is 4.90 Å². The van der Waals surface area contributed by atoms with Gasteiger partial charge in [0.25, 0.3) is 0 Å². The minimum absolute atomic E-state index is 0.242. The Bertz CT molecular complexity index is 1110. The number of hydrogen-bond acceptors (Lipinski definition) is 5. The predicted octanol–water partition coefficient (Wildman–Crippen LogP) is 3.16. The summed E-state index contributed by atoms with van der Waals surface area (Å²) in [4.78, 5) is 43.5. The Labute approximate surface area is 178 Å². The Hall–Kier alpha value is -2.96. The number of fused-ring (bicyclic) bond motifs is 4. The van der Waals surface area contributed by atoms with Crippen molar-refractivity contribution in [3.8, 4) is 5.75 Å². The van der Waals surface area contributed by atoms with E-state index in [2.05, 4.69) is 0 Å². The van der Waals surface area contributed by atoms with Gasteiger partial charge in [0, 0.05) is 11.1 Å². The molecule has 0 aromatic heterocycles. The number of nitrogens with zero attached hydrogens (tertiary/aromatic N) is 2. The highest BCUT2D eigenvalue weighted by molar-refractivity contribution is 6.31. The van der Waals surface area contributed by atoms with Crippen LogP contribution >= 0.6 is 11.6 Å². The van der Waals surface area contributed by atoms with Crippen LogP contribution in [0, 0.1) is 17.8 Å². The van der Waals surface area contributed by atoms with E-state index in [-0.39, 0.29) is 23.6 Å². The zero-order valence-corrected chi connectivity index (χ0v) is 17.2. The Morgan fingerprint density at radius 3 is 2.37 bits per heavy atom. The number of halogens is 1. The van der Waals surface area contributed by atoms with Crippen LogP contribution in [0.1, 0.15) is 10.4 Å². The molecule has 5 rings (SSSR count). The molecule has 30 heavy (non-hydrogen) atoms. The number of Topliss-reactive ketones (excluding diaryl/α,β-unsaturated/α-hetero) is 1. The first kappa shape index (κ1) is 19.0. The van der Waals surface area contributed by atoms with Gasteiger partial charge in [-0.25, -0.2) is 4.90 Å². The maximum Gasteiger partial charge on any atom is 0.239 e. The minimum atomic E-state index is -0.845. The molecule has 6 nitrogen and oxygen atoms in total. The van der Waals surface area contributed by atoms with Crippen molar-refractivity contribution in [1.29, 1.82) is 0 Å². The number of allylic oxidation sites excluding steroid dienone is 1. The van der Waals surface area contributed by atoms with Crippen molar-refractivity contribution >= 4 is 34.9 Å². The largest absolute Gasteiger partial charge is 0.460 e. The average molecular weight is 423 g/mol. The molecule has 0 saturated carbocycles. The Morgan fingerprint density at radius 1 is 0.967 bits per heavy atom. The lowest BCUT2D eigenvalue weighted by Crippen LogP contribution is -2.49. The zero-order valence-electron chi connectivity index (χ0n) is 16.4. The molecule has 2 aromatic carbocycles. The van der Waals surface area contributed by atoms with Gasteiger partial charge in [0.05, 0.1) is 29.0 Å². The number of benzene rings is 2. The molecule has 7 heteroatoms. The van der Waals surface area contributed by atoms with Gasteiger partial charge in [0.15, 0.2) is 5.78 Å². The fraction of sp³-hybridized carbons (Fsp3) is 0.261. The lowest BCUT2D eigenvalue weighted by molar-refractivity contribution is -0.122. The molecule has 2 heterocycles. The Kier molecular flexibility index (Phi) is 4.31. The number of carbonyl (C=O) groups is 3. The van der Waals surface area contributed by atoms with Gasteiger partial charge in [-0.2, -0.15) is 0 Å². The van der Waals surface area contributed by atoms with Crippen LogP contribution in [0.3, 0.4) is 0 Å². The van der Waals surface area contributed by atoms with E-state index in [1.807, 2.05) is 25.1 Å². The van der Waals surface area contributed by atoms with E-state index in [0.29, 0.717) is 27.8 Å². The van der Waals surface area contributed by atoms with Crippen molar-refractivity contribution in [2.75, 3.05) is 19.0 Å². The predicted molar refractivity (Wildman–Crippen MR) is 111 cm³/mol. The number of amides is 2. The summed E-state index contributed by atoms with van der Waals surface area (Å²) in [6.45, 7) is 0. The van der Waals surface area contributed by atoms with Crippen LogP contribution in [0.25, 0.3) is 0 Å². The molecule has 0 spiro atoms. The smallest absolute Gasteiger partial charge is 0.239 e. The number of imide groups is 1. The number of carbonyl (C=O) groups excluding carboxylic acids is 3. The maximum absolute atomic E-state index is 13.5. The van der Waals surface area contributed by atoms with Crippen LogP contribution < -0.4 is 9.64 Å². The molecule has 0 N–H and O–H groups in total. The molecule has 0 bridgehead atoms. The van der Waals surface area contributed by atoms with Crippen LogP contribution in [-0.2, 0) is 9.59 Å². The summed E-state index contributed by atoms with van der Waals surface area (Å²) >= 11 is 6.09. The van der Waals surface area contributed by atoms with Gasteiger partial charge in [-0.3, -0.25) is 14.4 Å². The van der Waals surface area contributed by atoms with E-state index in [1.54, 1.807) is 48.5 Å². The first-order chi connectivity index (χ1) is 14.4.